The number of nitrogens with one attached hydrogen (secondary N) is 1. The summed E-state index contributed by atoms with van der Waals surface area (Å²) in [4.78, 5) is 11.8. The van der Waals surface area contributed by atoms with Crippen molar-refractivity contribution in [3.05, 3.63) is 54.1 Å². The number of aromatic nitrogens is 2. The van der Waals surface area contributed by atoms with E-state index in [1.807, 2.05) is 31.2 Å². The fourth-order valence-electron chi connectivity index (χ4n) is 3.47. The molecule has 0 bridgehead atoms. The van der Waals surface area contributed by atoms with Crippen molar-refractivity contribution in [1.82, 2.24) is 9.97 Å². The molecule has 6 nitrogen and oxygen atoms in total. The van der Waals surface area contributed by atoms with E-state index in [9.17, 15) is 8.42 Å². The molecule has 4 rings (SSSR count). The summed E-state index contributed by atoms with van der Waals surface area (Å²) in [6, 6.07) is 14.3. The molecule has 1 N–H and O–H groups in total. The number of hydrogen-bond donors (Lipinski definition) is 1. The van der Waals surface area contributed by atoms with E-state index in [0.717, 1.165) is 37.0 Å². The van der Waals surface area contributed by atoms with Gasteiger partial charge in [-0.3, -0.25) is 4.72 Å². The average molecular weight is 397 g/mol. The Hall–Kier alpha value is -2.67. The summed E-state index contributed by atoms with van der Waals surface area (Å²) in [5.74, 6) is 0.900. The lowest BCUT2D eigenvalue weighted by Gasteiger charge is -2.24. The van der Waals surface area contributed by atoms with Gasteiger partial charge in [0, 0.05) is 13.1 Å². The Kier molecular flexibility index (Phi) is 5.17. The summed E-state index contributed by atoms with van der Waals surface area (Å²) in [6.45, 7) is 3.63. The maximum atomic E-state index is 13.0. The van der Waals surface area contributed by atoms with E-state index in [4.69, 9.17) is 4.98 Å². The van der Waals surface area contributed by atoms with Gasteiger partial charge in [0.1, 0.15) is 0 Å². The van der Waals surface area contributed by atoms with Crippen molar-refractivity contribution >= 4 is 32.7 Å². The van der Waals surface area contributed by atoms with E-state index in [1.165, 1.54) is 12.8 Å². The van der Waals surface area contributed by atoms with Gasteiger partial charge in [0.2, 0.25) is 0 Å². The minimum absolute atomic E-state index is 0.217. The van der Waals surface area contributed by atoms with Crippen LogP contribution in [0.4, 0.5) is 11.6 Å². The third-order valence-electron chi connectivity index (χ3n) is 5.02. The number of anilines is 2. The van der Waals surface area contributed by atoms with Gasteiger partial charge >= 0.3 is 0 Å². The fourth-order valence-corrected chi connectivity index (χ4v) is 4.47. The second kappa shape index (κ2) is 7.75. The maximum absolute atomic E-state index is 13.0. The zero-order valence-corrected chi connectivity index (χ0v) is 16.7. The van der Waals surface area contributed by atoms with Crippen LogP contribution in [0.2, 0.25) is 0 Å². The molecule has 1 aliphatic heterocycles. The van der Waals surface area contributed by atoms with Crippen LogP contribution >= 0.6 is 0 Å². The first kappa shape index (κ1) is 18.7. The van der Waals surface area contributed by atoms with E-state index in [0.29, 0.717) is 17.2 Å². The topological polar surface area (TPSA) is 75.2 Å². The molecule has 0 radical (unpaired) electrons. The first-order chi connectivity index (χ1) is 13.5. The van der Waals surface area contributed by atoms with Crippen molar-refractivity contribution in [1.29, 1.82) is 0 Å². The van der Waals surface area contributed by atoms with Crippen LogP contribution in [0.15, 0.2) is 53.4 Å². The lowest BCUT2D eigenvalue weighted by Crippen LogP contribution is -2.27. The molecule has 0 aliphatic carbocycles. The highest BCUT2D eigenvalue weighted by Gasteiger charge is 2.22. The lowest BCUT2D eigenvalue weighted by atomic mass is 10.2. The molecule has 7 heteroatoms. The van der Waals surface area contributed by atoms with Crippen molar-refractivity contribution in [3.63, 3.8) is 0 Å². The minimum atomic E-state index is -3.75. The van der Waals surface area contributed by atoms with Gasteiger partial charge in [0.25, 0.3) is 10.0 Å². The quantitative estimate of drug-likeness (QED) is 0.718. The van der Waals surface area contributed by atoms with Crippen molar-refractivity contribution in [2.45, 2.75) is 37.5 Å². The Morgan fingerprint density at radius 3 is 2.11 bits per heavy atom. The Balaban J connectivity index is 1.77. The van der Waals surface area contributed by atoms with Gasteiger partial charge in [-0.25, -0.2) is 18.4 Å². The summed E-state index contributed by atoms with van der Waals surface area (Å²) in [7, 11) is -3.75. The van der Waals surface area contributed by atoms with Gasteiger partial charge in [-0.1, -0.05) is 42.7 Å². The number of fused-ring (bicyclic) bond motifs is 1. The van der Waals surface area contributed by atoms with Crippen LogP contribution < -0.4 is 9.62 Å². The number of sulfonamides is 1. The third kappa shape index (κ3) is 3.94. The highest BCUT2D eigenvalue weighted by atomic mass is 32.2. The van der Waals surface area contributed by atoms with Crippen molar-refractivity contribution in [2.24, 2.45) is 0 Å². The molecule has 0 saturated carbocycles. The van der Waals surface area contributed by atoms with Crippen LogP contribution in [0.3, 0.4) is 0 Å². The zero-order chi connectivity index (χ0) is 19.6. The number of rotatable bonds is 4. The van der Waals surface area contributed by atoms with E-state index in [-0.39, 0.29) is 4.90 Å². The SMILES string of the molecule is Cc1ccc(S(=O)(=O)Nc2nc3ccccc3nc2N2CCCCCC2)cc1. The maximum Gasteiger partial charge on any atom is 0.263 e. The third-order valence-corrected chi connectivity index (χ3v) is 6.37. The molecule has 3 aromatic rings. The number of benzene rings is 2. The standard InChI is InChI=1S/C21H24N4O2S/c1-16-10-12-17(13-11-16)28(26,27)24-20-21(25-14-6-2-3-7-15-25)23-19-9-5-4-8-18(19)22-20/h4-5,8-13H,2-3,6-7,14-15H2,1H3,(H,22,24). The second-order valence-corrected chi connectivity index (χ2v) is 8.89. The Morgan fingerprint density at radius 1 is 0.857 bits per heavy atom. The summed E-state index contributed by atoms with van der Waals surface area (Å²) in [5.41, 5.74) is 2.44. The Morgan fingerprint density at radius 2 is 1.46 bits per heavy atom. The predicted octanol–water partition coefficient (Wildman–Crippen LogP) is 4.12. The molecule has 1 aliphatic rings. The van der Waals surface area contributed by atoms with Crippen molar-refractivity contribution in [3.8, 4) is 0 Å². The molecule has 28 heavy (non-hydrogen) atoms. The summed E-state index contributed by atoms with van der Waals surface area (Å²) in [5, 5.41) is 0. The van der Waals surface area contributed by atoms with Gasteiger partial charge in [-0.2, -0.15) is 0 Å². The van der Waals surface area contributed by atoms with Crippen molar-refractivity contribution < 1.29 is 8.42 Å². The predicted molar refractivity (Wildman–Crippen MR) is 112 cm³/mol. The monoisotopic (exact) mass is 396 g/mol. The Labute approximate surface area is 165 Å². The second-order valence-electron chi connectivity index (χ2n) is 7.20. The van der Waals surface area contributed by atoms with Crippen LogP contribution in [0, 0.1) is 6.92 Å². The van der Waals surface area contributed by atoms with E-state index < -0.39 is 10.0 Å². The highest BCUT2D eigenvalue weighted by molar-refractivity contribution is 7.92. The fraction of sp³-hybridized carbons (Fsp3) is 0.333. The van der Waals surface area contributed by atoms with Crippen LogP contribution in [0.25, 0.3) is 11.0 Å². The van der Waals surface area contributed by atoms with Gasteiger partial charge in [0.05, 0.1) is 15.9 Å². The van der Waals surface area contributed by atoms with Gasteiger partial charge in [-0.05, 0) is 44.0 Å². The molecule has 0 spiro atoms. The van der Waals surface area contributed by atoms with Crippen molar-refractivity contribution in [2.75, 3.05) is 22.7 Å². The molecule has 1 aromatic heterocycles. The first-order valence-electron chi connectivity index (χ1n) is 9.64. The molecular formula is C21H24N4O2S. The summed E-state index contributed by atoms with van der Waals surface area (Å²) >= 11 is 0. The normalized spacial score (nSPS) is 15.4. The molecule has 1 saturated heterocycles. The highest BCUT2D eigenvalue weighted by Crippen LogP contribution is 2.29. The minimum Gasteiger partial charge on any atom is -0.354 e. The molecule has 0 atom stereocenters. The molecule has 2 heterocycles. The molecular weight excluding hydrogens is 372 g/mol. The molecule has 146 valence electrons. The van der Waals surface area contributed by atoms with Gasteiger partial charge in [-0.15, -0.1) is 0 Å². The number of aryl methyl sites for hydroxylation is 1. The van der Waals surface area contributed by atoms with E-state index in [1.54, 1.807) is 24.3 Å². The first-order valence-corrected chi connectivity index (χ1v) is 11.1. The number of nitrogens with zero attached hydrogens (tertiary/aromatic N) is 3. The smallest absolute Gasteiger partial charge is 0.263 e. The van der Waals surface area contributed by atoms with E-state index >= 15 is 0 Å². The Bertz CT molecular complexity index is 1070. The van der Waals surface area contributed by atoms with Gasteiger partial charge in [0.15, 0.2) is 11.6 Å². The van der Waals surface area contributed by atoms with Gasteiger partial charge < -0.3 is 4.90 Å². The average Bonchev–Trinajstić information content (AvgIpc) is 2.97. The van der Waals surface area contributed by atoms with E-state index in [2.05, 4.69) is 14.6 Å². The molecule has 1 fully saturated rings. The van der Waals surface area contributed by atoms with Crippen LogP contribution in [-0.2, 0) is 10.0 Å². The lowest BCUT2D eigenvalue weighted by molar-refractivity contribution is 0.601. The largest absolute Gasteiger partial charge is 0.354 e. The van der Waals surface area contributed by atoms with Crippen LogP contribution in [-0.4, -0.2) is 31.5 Å². The zero-order valence-electron chi connectivity index (χ0n) is 15.9. The number of hydrogen-bond acceptors (Lipinski definition) is 5. The molecule has 0 unspecified atom stereocenters. The van der Waals surface area contributed by atoms with Crippen LogP contribution in [0.5, 0.6) is 0 Å². The molecule has 0 amide bonds. The molecule has 2 aromatic carbocycles. The number of para-hydroxylation sites is 2. The van der Waals surface area contributed by atoms with Crippen LogP contribution in [0.1, 0.15) is 31.2 Å². The summed E-state index contributed by atoms with van der Waals surface area (Å²) < 4.78 is 28.6. The summed E-state index contributed by atoms with van der Waals surface area (Å²) in [6.07, 6.45) is 4.50.